The maximum absolute atomic E-state index is 10.9. The molecule has 1 N–H and O–H groups in total. The maximum Gasteiger partial charge on any atom is 0.216 e. The van der Waals surface area contributed by atoms with Crippen LogP contribution in [0.4, 0.5) is 5.69 Å². The summed E-state index contributed by atoms with van der Waals surface area (Å²) >= 11 is 5.92. The van der Waals surface area contributed by atoms with E-state index in [1.807, 2.05) is 12.1 Å². The lowest BCUT2D eigenvalue weighted by atomic mass is 9.96. The molecule has 1 heterocycles. The summed E-state index contributed by atoms with van der Waals surface area (Å²) in [4.78, 5) is 13.1. The molecular formula is C15H18ClN3O. The molecule has 1 aromatic carbocycles. The van der Waals surface area contributed by atoms with Gasteiger partial charge in [0.1, 0.15) is 6.07 Å². The Morgan fingerprint density at radius 3 is 2.80 bits per heavy atom. The topological polar surface area (TPSA) is 56.1 Å². The van der Waals surface area contributed by atoms with Crippen LogP contribution in [0.5, 0.6) is 0 Å². The number of anilines is 1. The molecule has 1 aliphatic rings. The molecule has 0 radical (unpaired) electrons. The van der Waals surface area contributed by atoms with Gasteiger partial charge in [-0.25, -0.2) is 0 Å². The molecule has 20 heavy (non-hydrogen) atoms. The molecule has 0 aliphatic carbocycles. The minimum atomic E-state index is 0.0249. The van der Waals surface area contributed by atoms with E-state index < -0.39 is 0 Å². The quantitative estimate of drug-likeness (QED) is 0.931. The molecular weight excluding hydrogens is 274 g/mol. The van der Waals surface area contributed by atoms with Crippen LogP contribution in [-0.4, -0.2) is 25.5 Å². The van der Waals surface area contributed by atoms with E-state index in [-0.39, 0.29) is 5.91 Å². The summed E-state index contributed by atoms with van der Waals surface area (Å²) in [5.41, 5.74) is 1.58. The van der Waals surface area contributed by atoms with Crippen molar-refractivity contribution in [2.75, 3.05) is 24.5 Å². The predicted octanol–water partition coefficient (Wildman–Crippen LogP) is 2.56. The van der Waals surface area contributed by atoms with Gasteiger partial charge < -0.3 is 10.2 Å². The fraction of sp³-hybridized carbons (Fsp3) is 0.467. The van der Waals surface area contributed by atoms with Crippen LogP contribution in [0.1, 0.15) is 25.3 Å². The summed E-state index contributed by atoms with van der Waals surface area (Å²) in [6.07, 6.45) is 2.04. The van der Waals surface area contributed by atoms with Crippen molar-refractivity contribution < 1.29 is 4.79 Å². The Hall–Kier alpha value is -1.73. The maximum atomic E-state index is 10.9. The SMILES string of the molecule is CC(=O)NCC1CCN(c2ccc(Cl)cc2C#N)CC1. The minimum Gasteiger partial charge on any atom is -0.370 e. The molecule has 0 atom stereocenters. The number of nitriles is 1. The highest BCUT2D eigenvalue weighted by Gasteiger charge is 2.21. The van der Waals surface area contributed by atoms with Crippen LogP contribution in [0.3, 0.4) is 0 Å². The van der Waals surface area contributed by atoms with E-state index in [4.69, 9.17) is 11.6 Å². The molecule has 0 spiro atoms. The van der Waals surface area contributed by atoms with Gasteiger partial charge in [-0.3, -0.25) is 4.79 Å². The number of benzene rings is 1. The van der Waals surface area contributed by atoms with Gasteiger partial charge in [-0.05, 0) is 37.0 Å². The smallest absolute Gasteiger partial charge is 0.216 e. The molecule has 4 nitrogen and oxygen atoms in total. The Balaban J connectivity index is 1.97. The zero-order valence-corrected chi connectivity index (χ0v) is 12.3. The minimum absolute atomic E-state index is 0.0249. The van der Waals surface area contributed by atoms with E-state index in [2.05, 4.69) is 16.3 Å². The van der Waals surface area contributed by atoms with E-state index >= 15 is 0 Å². The van der Waals surface area contributed by atoms with Gasteiger partial charge in [-0.15, -0.1) is 0 Å². The van der Waals surface area contributed by atoms with Gasteiger partial charge in [0.05, 0.1) is 11.3 Å². The third kappa shape index (κ3) is 3.64. The van der Waals surface area contributed by atoms with Gasteiger partial charge >= 0.3 is 0 Å². The number of nitrogens with zero attached hydrogens (tertiary/aromatic N) is 2. The third-order valence-electron chi connectivity index (χ3n) is 3.67. The van der Waals surface area contributed by atoms with Crippen molar-refractivity contribution in [3.05, 3.63) is 28.8 Å². The first-order chi connectivity index (χ1) is 9.60. The molecule has 0 unspecified atom stereocenters. The second-order valence-electron chi connectivity index (χ2n) is 5.14. The standard InChI is InChI=1S/C15H18ClN3O/c1-11(20)18-10-12-4-6-19(7-5-12)15-3-2-14(16)8-13(15)9-17/h2-3,8,12H,4-7,10H2,1H3,(H,18,20). The molecule has 1 saturated heterocycles. The van der Waals surface area contributed by atoms with Gasteiger partial charge in [0.25, 0.3) is 0 Å². The molecule has 1 aromatic rings. The molecule has 1 aliphatic heterocycles. The number of piperidine rings is 1. The first kappa shape index (κ1) is 14.7. The summed E-state index contributed by atoms with van der Waals surface area (Å²) in [5, 5.41) is 12.6. The molecule has 0 bridgehead atoms. The molecule has 0 saturated carbocycles. The summed E-state index contributed by atoms with van der Waals surface area (Å²) in [7, 11) is 0. The van der Waals surface area contributed by atoms with Crippen molar-refractivity contribution in [1.29, 1.82) is 5.26 Å². The summed E-state index contributed by atoms with van der Waals surface area (Å²) in [6.45, 7) is 4.10. The number of nitrogens with one attached hydrogen (secondary N) is 1. The Bertz CT molecular complexity index is 530. The lowest BCUT2D eigenvalue weighted by Crippen LogP contribution is -2.38. The number of carbonyl (C=O) groups excluding carboxylic acids is 1. The average molecular weight is 292 g/mol. The molecule has 106 valence electrons. The Kier molecular flexibility index (Phi) is 4.86. The van der Waals surface area contributed by atoms with Gasteiger partial charge in [0.2, 0.25) is 5.91 Å². The predicted molar refractivity (Wildman–Crippen MR) is 79.8 cm³/mol. The summed E-state index contributed by atoms with van der Waals surface area (Å²) < 4.78 is 0. The van der Waals surface area contributed by atoms with Crippen molar-refractivity contribution in [3.63, 3.8) is 0 Å². The highest BCUT2D eigenvalue weighted by Crippen LogP contribution is 2.27. The molecule has 2 rings (SSSR count). The van der Waals surface area contributed by atoms with Crippen LogP contribution >= 0.6 is 11.6 Å². The number of amides is 1. The highest BCUT2D eigenvalue weighted by atomic mass is 35.5. The first-order valence-electron chi connectivity index (χ1n) is 6.79. The van der Waals surface area contributed by atoms with Crippen LogP contribution in [0.2, 0.25) is 5.02 Å². The average Bonchev–Trinajstić information content (AvgIpc) is 2.45. The zero-order chi connectivity index (χ0) is 14.5. The largest absolute Gasteiger partial charge is 0.370 e. The van der Waals surface area contributed by atoms with Crippen molar-refractivity contribution in [2.45, 2.75) is 19.8 Å². The van der Waals surface area contributed by atoms with Crippen molar-refractivity contribution in [1.82, 2.24) is 5.32 Å². The van der Waals surface area contributed by atoms with Crippen LogP contribution in [0, 0.1) is 17.2 Å². The van der Waals surface area contributed by atoms with Crippen LogP contribution in [0.25, 0.3) is 0 Å². The fourth-order valence-electron chi connectivity index (χ4n) is 2.54. The summed E-state index contributed by atoms with van der Waals surface area (Å²) in [6, 6.07) is 7.64. The van der Waals surface area contributed by atoms with Crippen LogP contribution < -0.4 is 10.2 Å². The molecule has 1 amide bonds. The van der Waals surface area contributed by atoms with E-state index in [9.17, 15) is 10.1 Å². The van der Waals surface area contributed by atoms with E-state index in [1.165, 1.54) is 0 Å². The number of hydrogen-bond acceptors (Lipinski definition) is 3. The third-order valence-corrected chi connectivity index (χ3v) is 3.91. The van der Waals surface area contributed by atoms with Gasteiger partial charge in [0, 0.05) is 31.6 Å². The second-order valence-corrected chi connectivity index (χ2v) is 5.58. The first-order valence-corrected chi connectivity index (χ1v) is 7.17. The normalized spacial score (nSPS) is 15.8. The van der Waals surface area contributed by atoms with Crippen molar-refractivity contribution in [2.24, 2.45) is 5.92 Å². The number of carbonyl (C=O) groups is 1. The second kappa shape index (κ2) is 6.62. The monoisotopic (exact) mass is 291 g/mol. The van der Waals surface area contributed by atoms with E-state index in [0.29, 0.717) is 16.5 Å². The lowest BCUT2D eigenvalue weighted by molar-refractivity contribution is -0.119. The Morgan fingerprint density at radius 1 is 1.50 bits per heavy atom. The van der Waals surface area contributed by atoms with Crippen molar-refractivity contribution in [3.8, 4) is 6.07 Å². The van der Waals surface area contributed by atoms with E-state index in [0.717, 1.165) is 38.2 Å². The Morgan fingerprint density at radius 2 is 2.20 bits per heavy atom. The Labute approximate surface area is 124 Å². The van der Waals surface area contributed by atoms with Crippen LogP contribution in [0.15, 0.2) is 18.2 Å². The number of hydrogen-bond donors (Lipinski definition) is 1. The molecule has 0 aromatic heterocycles. The highest BCUT2D eigenvalue weighted by molar-refractivity contribution is 6.30. The lowest BCUT2D eigenvalue weighted by Gasteiger charge is -2.34. The van der Waals surface area contributed by atoms with E-state index in [1.54, 1.807) is 13.0 Å². The van der Waals surface area contributed by atoms with Crippen LogP contribution in [-0.2, 0) is 4.79 Å². The molecule has 5 heteroatoms. The number of rotatable bonds is 3. The zero-order valence-electron chi connectivity index (χ0n) is 11.5. The molecule has 1 fully saturated rings. The van der Waals surface area contributed by atoms with Gasteiger partial charge in [-0.2, -0.15) is 5.26 Å². The summed E-state index contributed by atoms with van der Waals surface area (Å²) in [5.74, 6) is 0.546. The number of halogens is 1. The van der Waals surface area contributed by atoms with Crippen molar-refractivity contribution >= 4 is 23.2 Å². The van der Waals surface area contributed by atoms with Gasteiger partial charge in [0.15, 0.2) is 0 Å². The fourth-order valence-corrected chi connectivity index (χ4v) is 2.71. The van der Waals surface area contributed by atoms with Gasteiger partial charge in [-0.1, -0.05) is 11.6 Å².